The number of nitrogens with zero attached hydrogens (tertiary/aromatic N) is 1. The molecule has 0 aromatic rings. The van der Waals surface area contributed by atoms with Gasteiger partial charge in [-0.15, -0.1) is 0 Å². The summed E-state index contributed by atoms with van der Waals surface area (Å²) in [5.41, 5.74) is 0. The Morgan fingerprint density at radius 3 is 2.50 bits per heavy atom. The lowest BCUT2D eigenvalue weighted by molar-refractivity contribution is -0.144. The number of amides is 2. The van der Waals surface area contributed by atoms with E-state index >= 15 is 0 Å². The number of hydrogen-bond donors (Lipinski definition) is 1. The van der Waals surface area contributed by atoms with Gasteiger partial charge in [-0.1, -0.05) is 33.1 Å². The molecule has 7 heteroatoms. The Labute approximate surface area is 186 Å². The van der Waals surface area contributed by atoms with Crippen molar-refractivity contribution >= 4 is 29.5 Å². The van der Waals surface area contributed by atoms with Crippen molar-refractivity contribution in [3.8, 4) is 0 Å². The number of ether oxygens (including phenoxy) is 1. The molecule has 0 spiro atoms. The minimum atomic E-state index is -0.632. The number of likely N-dealkylation sites (tertiary alicyclic amines) is 1. The largest absolute Gasteiger partial charge is 0.467 e. The van der Waals surface area contributed by atoms with Crippen molar-refractivity contribution in [3.05, 3.63) is 0 Å². The SMILES string of the molecule is COC(=O)C(CSCC1CCCN1C(=O)CC1CCCCC1)NC(=O)CCC(C)C. The third-order valence-electron chi connectivity index (χ3n) is 6.25. The summed E-state index contributed by atoms with van der Waals surface area (Å²) in [5.74, 6) is 2.07. The first-order valence-electron chi connectivity index (χ1n) is 11.6. The average Bonchev–Trinajstić information content (AvgIpc) is 3.20. The number of nitrogens with one attached hydrogen (secondary N) is 1. The van der Waals surface area contributed by atoms with E-state index in [9.17, 15) is 14.4 Å². The molecule has 2 unspecified atom stereocenters. The quantitative estimate of drug-likeness (QED) is 0.495. The second kappa shape index (κ2) is 13.2. The van der Waals surface area contributed by atoms with Gasteiger partial charge in [0.1, 0.15) is 6.04 Å². The molecule has 1 saturated heterocycles. The summed E-state index contributed by atoms with van der Waals surface area (Å²) >= 11 is 1.63. The Morgan fingerprint density at radius 1 is 1.10 bits per heavy atom. The topological polar surface area (TPSA) is 75.7 Å². The molecule has 0 bridgehead atoms. The van der Waals surface area contributed by atoms with Gasteiger partial charge in [-0.25, -0.2) is 4.79 Å². The highest BCUT2D eigenvalue weighted by atomic mass is 32.2. The summed E-state index contributed by atoms with van der Waals surface area (Å²) < 4.78 is 4.87. The van der Waals surface area contributed by atoms with Crippen LogP contribution in [0.1, 0.15) is 78.1 Å². The zero-order chi connectivity index (χ0) is 21.9. The summed E-state index contributed by atoms with van der Waals surface area (Å²) in [6.45, 7) is 5.00. The molecular formula is C23H40N2O4S. The van der Waals surface area contributed by atoms with Crippen molar-refractivity contribution in [2.24, 2.45) is 11.8 Å². The molecule has 1 aliphatic carbocycles. The maximum Gasteiger partial charge on any atom is 0.329 e. The van der Waals surface area contributed by atoms with E-state index in [1.807, 2.05) is 0 Å². The molecule has 0 aromatic heterocycles. The molecule has 0 aromatic carbocycles. The van der Waals surface area contributed by atoms with Gasteiger partial charge in [0.15, 0.2) is 0 Å². The van der Waals surface area contributed by atoms with E-state index < -0.39 is 12.0 Å². The van der Waals surface area contributed by atoms with E-state index in [1.54, 1.807) is 11.8 Å². The van der Waals surface area contributed by atoms with Crippen molar-refractivity contribution in [1.29, 1.82) is 0 Å². The molecule has 1 aliphatic heterocycles. The van der Waals surface area contributed by atoms with Crippen LogP contribution in [0.2, 0.25) is 0 Å². The molecule has 1 saturated carbocycles. The van der Waals surface area contributed by atoms with Gasteiger partial charge in [-0.3, -0.25) is 9.59 Å². The highest BCUT2D eigenvalue weighted by Gasteiger charge is 2.31. The first-order valence-corrected chi connectivity index (χ1v) is 12.8. The highest BCUT2D eigenvalue weighted by molar-refractivity contribution is 7.99. The zero-order valence-electron chi connectivity index (χ0n) is 19.0. The predicted octanol–water partition coefficient (Wildman–Crippen LogP) is 3.78. The number of thioether (sulfide) groups is 1. The van der Waals surface area contributed by atoms with Crippen LogP contribution >= 0.6 is 11.8 Å². The van der Waals surface area contributed by atoms with E-state index in [2.05, 4.69) is 24.1 Å². The Hall–Kier alpha value is -1.24. The summed E-state index contributed by atoms with van der Waals surface area (Å²) in [7, 11) is 1.35. The number of rotatable bonds is 11. The Bertz CT molecular complexity index is 563. The molecule has 172 valence electrons. The van der Waals surface area contributed by atoms with Crippen LogP contribution in [0, 0.1) is 11.8 Å². The van der Waals surface area contributed by atoms with Crippen molar-refractivity contribution in [1.82, 2.24) is 10.2 Å². The molecule has 2 rings (SSSR count). The Kier molecular flexibility index (Phi) is 11.0. The number of carbonyl (C=O) groups is 3. The molecule has 2 amide bonds. The molecule has 2 aliphatic rings. The second-order valence-electron chi connectivity index (χ2n) is 9.20. The zero-order valence-corrected chi connectivity index (χ0v) is 19.8. The van der Waals surface area contributed by atoms with Crippen molar-refractivity contribution in [2.45, 2.75) is 90.1 Å². The molecule has 30 heavy (non-hydrogen) atoms. The van der Waals surface area contributed by atoms with E-state index in [-0.39, 0.29) is 11.9 Å². The van der Waals surface area contributed by atoms with Crippen LogP contribution in [0.15, 0.2) is 0 Å². The smallest absolute Gasteiger partial charge is 0.329 e. The lowest BCUT2D eigenvalue weighted by Crippen LogP contribution is -2.44. The van der Waals surface area contributed by atoms with Crippen LogP contribution in [-0.4, -0.2) is 59.9 Å². The number of methoxy groups -OCH3 is 1. The first kappa shape index (κ1) is 25.0. The summed E-state index contributed by atoms with van der Waals surface area (Å²) in [5, 5.41) is 2.82. The Balaban J connectivity index is 1.78. The number of hydrogen-bond acceptors (Lipinski definition) is 5. The van der Waals surface area contributed by atoms with E-state index in [0.717, 1.165) is 31.6 Å². The lowest BCUT2D eigenvalue weighted by atomic mass is 9.86. The molecule has 2 fully saturated rings. The Morgan fingerprint density at radius 2 is 1.83 bits per heavy atom. The molecule has 2 atom stereocenters. The van der Waals surface area contributed by atoms with Gasteiger partial charge in [-0.05, 0) is 43.9 Å². The van der Waals surface area contributed by atoms with Crippen LogP contribution < -0.4 is 5.32 Å². The van der Waals surface area contributed by atoms with Crippen molar-refractivity contribution in [2.75, 3.05) is 25.2 Å². The maximum absolute atomic E-state index is 12.8. The second-order valence-corrected chi connectivity index (χ2v) is 10.3. The third kappa shape index (κ3) is 8.48. The number of carbonyl (C=O) groups excluding carboxylic acids is 3. The molecule has 6 nitrogen and oxygen atoms in total. The van der Waals surface area contributed by atoms with Gasteiger partial charge < -0.3 is 15.0 Å². The fourth-order valence-corrected chi connectivity index (χ4v) is 5.62. The van der Waals surface area contributed by atoms with Gasteiger partial charge in [0.2, 0.25) is 11.8 Å². The van der Waals surface area contributed by atoms with Crippen LogP contribution in [0.3, 0.4) is 0 Å². The third-order valence-corrected chi connectivity index (χ3v) is 7.44. The van der Waals surface area contributed by atoms with Gasteiger partial charge in [0.25, 0.3) is 0 Å². The van der Waals surface area contributed by atoms with Crippen LogP contribution in [0.4, 0.5) is 0 Å². The van der Waals surface area contributed by atoms with E-state index in [4.69, 9.17) is 4.74 Å². The minimum Gasteiger partial charge on any atom is -0.467 e. The maximum atomic E-state index is 12.8. The fraction of sp³-hybridized carbons (Fsp3) is 0.870. The van der Waals surface area contributed by atoms with Gasteiger partial charge >= 0.3 is 5.97 Å². The number of esters is 1. The first-order chi connectivity index (χ1) is 14.4. The summed E-state index contributed by atoms with van der Waals surface area (Å²) in [6, 6.07) is -0.395. The van der Waals surface area contributed by atoms with Crippen LogP contribution in [0.25, 0.3) is 0 Å². The highest BCUT2D eigenvalue weighted by Crippen LogP contribution is 2.29. The van der Waals surface area contributed by atoms with E-state index in [1.165, 1.54) is 39.2 Å². The van der Waals surface area contributed by atoms with Gasteiger partial charge in [0.05, 0.1) is 7.11 Å². The predicted molar refractivity (Wildman–Crippen MR) is 121 cm³/mol. The monoisotopic (exact) mass is 440 g/mol. The van der Waals surface area contributed by atoms with E-state index in [0.29, 0.717) is 36.3 Å². The normalized spacial score (nSPS) is 20.9. The lowest BCUT2D eigenvalue weighted by Gasteiger charge is -2.28. The van der Waals surface area contributed by atoms with Crippen molar-refractivity contribution in [3.63, 3.8) is 0 Å². The van der Waals surface area contributed by atoms with Gasteiger partial charge in [0, 0.05) is 36.9 Å². The molecule has 1 N–H and O–H groups in total. The van der Waals surface area contributed by atoms with Crippen LogP contribution in [-0.2, 0) is 19.1 Å². The van der Waals surface area contributed by atoms with Crippen LogP contribution in [0.5, 0.6) is 0 Å². The summed E-state index contributed by atoms with van der Waals surface area (Å²) in [4.78, 5) is 39.1. The fourth-order valence-electron chi connectivity index (χ4n) is 4.41. The van der Waals surface area contributed by atoms with Gasteiger partial charge in [-0.2, -0.15) is 11.8 Å². The van der Waals surface area contributed by atoms with Crippen molar-refractivity contribution < 1.29 is 19.1 Å². The molecular weight excluding hydrogens is 400 g/mol. The molecule has 1 heterocycles. The molecule has 0 radical (unpaired) electrons. The standard InChI is InChI=1S/C23H40N2O4S/c1-17(2)11-12-21(26)24-20(23(28)29-3)16-30-15-19-10-7-13-25(19)22(27)14-18-8-5-4-6-9-18/h17-20H,4-16H2,1-3H3,(H,24,26). The average molecular weight is 441 g/mol. The summed E-state index contributed by atoms with van der Waals surface area (Å²) in [6.07, 6.45) is 10.2. The minimum absolute atomic E-state index is 0.107.